The maximum Gasteiger partial charge on any atom is 0.405 e. The first kappa shape index (κ1) is 14.2. The molecule has 0 saturated carbocycles. The van der Waals surface area contributed by atoms with Gasteiger partial charge in [0.2, 0.25) is 5.91 Å². The molecule has 0 aromatic heterocycles. The molecule has 108 valence electrons. The molecule has 2 amide bonds. The Hall–Kier alpha value is -2.18. The maximum absolute atomic E-state index is 13.7. The Morgan fingerprint density at radius 2 is 2.10 bits per heavy atom. The molecular weight excluding hydrogens is 270 g/mol. The van der Waals surface area contributed by atoms with E-state index in [1.54, 1.807) is 0 Å². The van der Waals surface area contributed by atoms with Crippen molar-refractivity contribution >= 4 is 12.0 Å². The second kappa shape index (κ2) is 5.85. The van der Waals surface area contributed by atoms with Gasteiger partial charge in [0.05, 0.1) is 0 Å². The SMILES string of the molecule is O=C(O)NC1CC[C@@H](c2cccc(F)c2F)CNC1=O. The maximum atomic E-state index is 13.7. The van der Waals surface area contributed by atoms with E-state index < -0.39 is 29.7 Å². The third kappa shape index (κ3) is 3.04. The van der Waals surface area contributed by atoms with E-state index in [-0.39, 0.29) is 24.4 Å². The van der Waals surface area contributed by atoms with E-state index in [0.29, 0.717) is 6.42 Å². The van der Waals surface area contributed by atoms with Gasteiger partial charge in [-0.3, -0.25) is 4.79 Å². The van der Waals surface area contributed by atoms with E-state index in [4.69, 9.17) is 5.11 Å². The molecule has 0 spiro atoms. The van der Waals surface area contributed by atoms with Crippen LogP contribution in [0.5, 0.6) is 0 Å². The van der Waals surface area contributed by atoms with Crippen LogP contribution in [0.15, 0.2) is 18.2 Å². The van der Waals surface area contributed by atoms with Crippen molar-refractivity contribution in [2.24, 2.45) is 0 Å². The van der Waals surface area contributed by atoms with Gasteiger partial charge in [-0.25, -0.2) is 13.6 Å². The molecular formula is C13H14F2N2O3. The van der Waals surface area contributed by atoms with Crippen LogP contribution in [0, 0.1) is 11.6 Å². The van der Waals surface area contributed by atoms with E-state index in [1.165, 1.54) is 12.1 Å². The van der Waals surface area contributed by atoms with E-state index >= 15 is 0 Å². The zero-order valence-corrected chi connectivity index (χ0v) is 10.5. The van der Waals surface area contributed by atoms with Crippen molar-refractivity contribution in [3.8, 4) is 0 Å². The summed E-state index contributed by atoms with van der Waals surface area (Å²) in [4.78, 5) is 22.2. The lowest BCUT2D eigenvalue weighted by Crippen LogP contribution is -2.45. The average Bonchev–Trinajstić information content (AvgIpc) is 2.56. The molecule has 1 heterocycles. The molecule has 5 nitrogen and oxygen atoms in total. The summed E-state index contributed by atoms with van der Waals surface area (Å²) in [7, 11) is 0. The molecule has 1 unspecified atom stereocenters. The standard InChI is InChI=1S/C13H14F2N2O3/c14-9-3-1-2-8(11(9)15)7-4-5-10(17-13(19)20)12(18)16-6-7/h1-3,7,10,17H,4-6H2,(H,16,18)(H,19,20)/t7-,10?/m1/s1. The van der Waals surface area contributed by atoms with E-state index in [2.05, 4.69) is 10.6 Å². The molecule has 2 rings (SSSR count). The highest BCUT2D eigenvalue weighted by atomic mass is 19.2. The summed E-state index contributed by atoms with van der Waals surface area (Å²) < 4.78 is 26.9. The third-order valence-electron chi connectivity index (χ3n) is 3.36. The highest BCUT2D eigenvalue weighted by Gasteiger charge is 2.28. The quantitative estimate of drug-likeness (QED) is 0.771. The number of rotatable bonds is 2. The first-order valence-corrected chi connectivity index (χ1v) is 6.20. The Morgan fingerprint density at radius 3 is 2.80 bits per heavy atom. The zero-order valence-electron chi connectivity index (χ0n) is 10.5. The number of benzene rings is 1. The lowest BCUT2D eigenvalue weighted by molar-refractivity contribution is -0.122. The summed E-state index contributed by atoms with van der Waals surface area (Å²) >= 11 is 0. The van der Waals surface area contributed by atoms with Crippen LogP contribution < -0.4 is 10.6 Å². The first-order chi connectivity index (χ1) is 9.49. The normalized spacial score (nSPS) is 22.8. The van der Waals surface area contributed by atoms with Gasteiger partial charge in [-0.15, -0.1) is 0 Å². The Kier molecular flexibility index (Phi) is 4.16. The second-order valence-electron chi connectivity index (χ2n) is 4.66. The van der Waals surface area contributed by atoms with E-state index in [0.717, 1.165) is 6.07 Å². The summed E-state index contributed by atoms with van der Waals surface area (Å²) in [6.07, 6.45) is -0.677. The minimum absolute atomic E-state index is 0.150. The molecule has 20 heavy (non-hydrogen) atoms. The lowest BCUT2D eigenvalue weighted by Gasteiger charge is -2.15. The van der Waals surface area contributed by atoms with Gasteiger partial charge in [-0.1, -0.05) is 12.1 Å². The predicted octanol–water partition coefficient (Wildman–Crippen LogP) is 1.59. The Bertz CT molecular complexity index is 536. The third-order valence-corrected chi connectivity index (χ3v) is 3.36. The largest absolute Gasteiger partial charge is 0.465 e. The molecule has 1 aliphatic heterocycles. The van der Waals surface area contributed by atoms with Crippen LogP contribution in [0.4, 0.5) is 13.6 Å². The van der Waals surface area contributed by atoms with Crippen molar-refractivity contribution in [1.82, 2.24) is 10.6 Å². The fraction of sp³-hybridized carbons (Fsp3) is 0.385. The van der Waals surface area contributed by atoms with Crippen LogP contribution in [-0.4, -0.2) is 29.7 Å². The lowest BCUT2D eigenvalue weighted by atomic mass is 9.93. The van der Waals surface area contributed by atoms with Crippen LogP contribution in [0.1, 0.15) is 24.3 Å². The van der Waals surface area contributed by atoms with Crippen molar-refractivity contribution < 1.29 is 23.5 Å². The first-order valence-electron chi connectivity index (χ1n) is 6.20. The van der Waals surface area contributed by atoms with Gasteiger partial charge in [0, 0.05) is 12.5 Å². The number of hydrogen-bond acceptors (Lipinski definition) is 2. The number of hydrogen-bond donors (Lipinski definition) is 3. The molecule has 1 aliphatic rings. The van der Waals surface area contributed by atoms with Gasteiger partial charge in [0.25, 0.3) is 0 Å². The van der Waals surface area contributed by atoms with Gasteiger partial charge < -0.3 is 15.7 Å². The van der Waals surface area contributed by atoms with Crippen molar-refractivity contribution in [2.45, 2.75) is 24.8 Å². The van der Waals surface area contributed by atoms with Crippen molar-refractivity contribution in [3.05, 3.63) is 35.4 Å². The number of carbonyl (C=O) groups excluding carboxylic acids is 1. The van der Waals surface area contributed by atoms with Gasteiger partial charge in [-0.05, 0) is 24.5 Å². The van der Waals surface area contributed by atoms with Crippen molar-refractivity contribution in [1.29, 1.82) is 0 Å². The monoisotopic (exact) mass is 284 g/mol. The fourth-order valence-electron chi connectivity index (χ4n) is 2.34. The molecule has 7 heteroatoms. The van der Waals surface area contributed by atoms with Gasteiger partial charge >= 0.3 is 6.09 Å². The Labute approximate surface area is 114 Å². The molecule has 2 atom stereocenters. The zero-order chi connectivity index (χ0) is 14.7. The van der Waals surface area contributed by atoms with Crippen LogP contribution in [0.25, 0.3) is 0 Å². The average molecular weight is 284 g/mol. The van der Waals surface area contributed by atoms with E-state index in [1.807, 2.05) is 0 Å². The van der Waals surface area contributed by atoms with Crippen molar-refractivity contribution in [3.63, 3.8) is 0 Å². The highest BCUT2D eigenvalue weighted by Crippen LogP contribution is 2.27. The predicted molar refractivity (Wildman–Crippen MR) is 66.3 cm³/mol. The summed E-state index contributed by atoms with van der Waals surface area (Å²) in [5.74, 6) is -2.68. The van der Waals surface area contributed by atoms with E-state index in [9.17, 15) is 18.4 Å². The molecule has 0 bridgehead atoms. The molecule has 1 saturated heterocycles. The molecule has 1 fully saturated rings. The number of halogens is 2. The molecule has 1 aromatic rings. The molecule has 3 N–H and O–H groups in total. The van der Waals surface area contributed by atoms with Gasteiger partial charge in [-0.2, -0.15) is 0 Å². The van der Waals surface area contributed by atoms with Crippen LogP contribution >= 0.6 is 0 Å². The molecule has 0 aliphatic carbocycles. The van der Waals surface area contributed by atoms with Crippen LogP contribution in [0.2, 0.25) is 0 Å². The number of carboxylic acid groups (broad SMARTS) is 1. The summed E-state index contributed by atoms with van der Waals surface area (Å²) in [5, 5.41) is 13.3. The molecule has 0 radical (unpaired) electrons. The Morgan fingerprint density at radius 1 is 1.35 bits per heavy atom. The topological polar surface area (TPSA) is 78.4 Å². The number of nitrogens with one attached hydrogen (secondary N) is 2. The van der Waals surface area contributed by atoms with Crippen LogP contribution in [-0.2, 0) is 4.79 Å². The fourth-order valence-corrected chi connectivity index (χ4v) is 2.34. The minimum atomic E-state index is -1.29. The summed E-state index contributed by atoms with van der Waals surface area (Å²) in [6.45, 7) is 0.150. The van der Waals surface area contributed by atoms with Gasteiger partial charge in [0.1, 0.15) is 6.04 Å². The van der Waals surface area contributed by atoms with Crippen LogP contribution in [0.3, 0.4) is 0 Å². The molecule has 1 aromatic carbocycles. The van der Waals surface area contributed by atoms with Crippen molar-refractivity contribution in [2.75, 3.05) is 6.54 Å². The number of amides is 2. The Balaban J connectivity index is 2.14. The number of carbonyl (C=O) groups is 2. The minimum Gasteiger partial charge on any atom is -0.465 e. The summed E-state index contributed by atoms with van der Waals surface area (Å²) in [5.41, 5.74) is 0.196. The second-order valence-corrected chi connectivity index (χ2v) is 4.66. The highest BCUT2D eigenvalue weighted by molar-refractivity contribution is 5.85. The van der Waals surface area contributed by atoms with Gasteiger partial charge in [0.15, 0.2) is 11.6 Å². The summed E-state index contributed by atoms with van der Waals surface area (Å²) in [6, 6.07) is 3.05. The smallest absolute Gasteiger partial charge is 0.405 e.